The van der Waals surface area contributed by atoms with Crippen molar-refractivity contribution < 1.29 is 22.8 Å². The quantitative estimate of drug-likeness (QED) is 0.861. The minimum atomic E-state index is -4.46. The number of rotatable bonds is 4. The van der Waals surface area contributed by atoms with Crippen molar-refractivity contribution >= 4 is 29.3 Å². The summed E-state index contributed by atoms with van der Waals surface area (Å²) in [6, 6.07) is 3.19. The average molecular weight is 360 g/mol. The van der Waals surface area contributed by atoms with E-state index in [9.17, 15) is 22.8 Å². The molecule has 1 aromatic carbocycles. The number of anilines is 1. The van der Waals surface area contributed by atoms with Gasteiger partial charge in [-0.25, -0.2) is 0 Å². The highest BCUT2D eigenvalue weighted by Gasteiger charge is 2.34. The summed E-state index contributed by atoms with van der Waals surface area (Å²) >= 11 is 1.11. The Kier molecular flexibility index (Phi) is 5.47. The van der Waals surface area contributed by atoms with Crippen molar-refractivity contribution in [1.29, 1.82) is 0 Å². The molecule has 0 bridgehead atoms. The Labute approximate surface area is 142 Å². The van der Waals surface area contributed by atoms with Crippen LogP contribution in [-0.4, -0.2) is 23.1 Å². The van der Waals surface area contributed by atoms with E-state index in [1.807, 2.05) is 20.8 Å². The molecule has 0 saturated carbocycles. The average Bonchev–Trinajstić information content (AvgIpc) is 2.46. The standard InChI is InChI=1S/C16H19F3N2O2S/c1-8(2)9(3)20-14(22)7-13-15(23)21-11-6-10(16(17,18)19)4-5-12(11)24-13/h4-6,8-9,13H,7H2,1-3H3,(H,20,22)(H,21,23). The molecule has 0 fully saturated rings. The topological polar surface area (TPSA) is 58.2 Å². The minimum Gasteiger partial charge on any atom is -0.353 e. The van der Waals surface area contributed by atoms with E-state index in [0.29, 0.717) is 4.90 Å². The SMILES string of the molecule is CC(C)C(C)NC(=O)CC1Sc2ccc(C(F)(F)F)cc2NC1=O. The summed E-state index contributed by atoms with van der Waals surface area (Å²) in [5.41, 5.74) is -0.684. The number of hydrogen-bond acceptors (Lipinski definition) is 3. The fraction of sp³-hybridized carbons (Fsp3) is 0.500. The Hall–Kier alpha value is -1.70. The Morgan fingerprint density at radius 2 is 2.00 bits per heavy atom. The Morgan fingerprint density at radius 1 is 1.33 bits per heavy atom. The summed E-state index contributed by atoms with van der Waals surface area (Å²) in [4.78, 5) is 24.6. The normalized spacial score (nSPS) is 18.8. The van der Waals surface area contributed by atoms with Gasteiger partial charge in [-0.1, -0.05) is 13.8 Å². The fourth-order valence-electron chi connectivity index (χ4n) is 2.11. The number of halogens is 3. The summed E-state index contributed by atoms with van der Waals surface area (Å²) in [6.45, 7) is 5.83. The van der Waals surface area contributed by atoms with E-state index in [1.165, 1.54) is 6.07 Å². The molecule has 8 heteroatoms. The molecule has 2 rings (SSSR count). The second-order valence-electron chi connectivity index (χ2n) is 6.11. The molecule has 1 aliphatic heterocycles. The predicted octanol–water partition coefficient (Wildman–Crippen LogP) is 3.67. The first kappa shape index (κ1) is 18.6. The molecule has 2 N–H and O–H groups in total. The van der Waals surface area contributed by atoms with Crippen LogP contribution in [-0.2, 0) is 15.8 Å². The van der Waals surface area contributed by atoms with Gasteiger partial charge in [0, 0.05) is 17.4 Å². The molecule has 2 unspecified atom stereocenters. The molecule has 0 spiro atoms. The van der Waals surface area contributed by atoms with Crippen LogP contribution < -0.4 is 10.6 Å². The van der Waals surface area contributed by atoms with Gasteiger partial charge in [0.05, 0.1) is 16.5 Å². The number of nitrogens with one attached hydrogen (secondary N) is 2. The molecule has 2 amide bonds. The maximum atomic E-state index is 12.7. The number of amides is 2. The molecular weight excluding hydrogens is 341 g/mol. The molecule has 4 nitrogen and oxygen atoms in total. The van der Waals surface area contributed by atoms with Gasteiger partial charge in [0.25, 0.3) is 0 Å². The molecule has 0 aromatic heterocycles. The number of carbonyl (C=O) groups excluding carboxylic acids is 2. The van der Waals surface area contributed by atoms with Crippen LogP contribution in [0.1, 0.15) is 32.8 Å². The lowest BCUT2D eigenvalue weighted by atomic mass is 10.1. The Bertz CT molecular complexity index is 647. The second kappa shape index (κ2) is 7.04. The summed E-state index contributed by atoms with van der Waals surface area (Å²) in [5, 5.41) is 4.62. The highest BCUT2D eigenvalue weighted by molar-refractivity contribution is 8.01. The third kappa shape index (κ3) is 4.43. The zero-order chi connectivity index (χ0) is 18.1. The van der Waals surface area contributed by atoms with Crippen LogP contribution in [0.5, 0.6) is 0 Å². The molecule has 1 aromatic rings. The van der Waals surface area contributed by atoms with Crippen molar-refractivity contribution in [2.75, 3.05) is 5.32 Å². The summed E-state index contributed by atoms with van der Waals surface area (Å²) in [5.74, 6) is -0.443. The van der Waals surface area contributed by atoms with Crippen molar-refractivity contribution in [2.24, 2.45) is 5.92 Å². The monoisotopic (exact) mass is 360 g/mol. The number of alkyl halides is 3. The molecule has 0 radical (unpaired) electrons. The first-order valence-electron chi connectivity index (χ1n) is 7.56. The van der Waals surface area contributed by atoms with Crippen LogP contribution in [0.15, 0.2) is 23.1 Å². The fourth-order valence-corrected chi connectivity index (χ4v) is 3.20. The third-order valence-electron chi connectivity index (χ3n) is 3.89. The molecule has 0 saturated heterocycles. The maximum Gasteiger partial charge on any atom is 0.416 e. The Morgan fingerprint density at radius 3 is 2.58 bits per heavy atom. The van der Waals surface area contributed by atoms with Crippen molar-refractivity contribution in [1.82, 2.24) is 5.32 Å². The van der Waals surface area contributed by atoms with Crippen LogP contribution in [0.3, 0.4) is 0 Å². The van der Waals surface area contributed by atoms with Gasteiger partial charge in [0.15, 0.2) is 0 Å². The molecular formula is C16H19F3N2O2S. The molecule has 24 heavy (non-hydrogen) atoms. The van der Waals surface area contributed by atoms with Crippen molar-refractivity contribution in [3.8, 4) is 0 Å². The minimum absolute atomic E-state index is 0.0178. The molecule has 2 atom stereocenters. The van der Waals surface area contributed by atoms with Gasteiger partial charge in [0.2, 0.25) is 11.8 Å². The number of carbonyl (C=O) groups is 2. The van der Waals surface area contributed by atoms with Crippen LogP contribution in [0.25, 0.3) is 0 Å². The molecule has 1 aliphatic rings. The first-order chi connectivity index (χ1) is 11.1. The highest BCUT2D eigenvalue weighted by Crippen LogP contribution is 2.40. The molecule has 1 heterocycles. The number of hydrogen-bond donors (Lipinski definition) is 2. The second-order valence-corrected chi connectivity index (χ2v) is 7.35. The van der Waals surface area contributed by atoms with Gasteiger partial charge in [-0.3, -0.25) is 9.59 Å². The van der Waals surface area contributed by atoms with Gasteiger partial charge < -0.3 is 10.6 Å². The zero-order valence-corrected chi connectivity index (χ0v) is 14.3. The van der Waals surface area contributed by atoms with Crippen LogP contribution >= 0.6 is 11.8 Å². The van der Waals surface area contributed by atoms with E-state index in [-0.39, 0.29) is 30.0 Å². The summed E-state index contributed by atoms with van der Waals surface area (Å²) in [6.07, 6.45) is -4.48. The van der Waals surface area contributed by atoms with E-state index in [1.54, 1.807) is 0 Å². The molecule has 132 valence electrons. The van der Waals surface area contributed by atoms with Crippen molar-refractivity contribution in [3.63, 3.8) is 0 Å². The van der Waals surface area contributed by atoms with Crippen molar-refractivity contribution in [3.05, 3.63) is 23.8 Å². The lowest BCUT2D eigenvalue weighted by Crippen LogP contribution is -2.40. The summed E-state index contributed by atoms with van der Waals surface area (Å²) in [7, 11) is 0. The smallest absolute Gasteiger partial charge is 0.353 e. The van der Waals surface area contributed by atoms with Gasteiger partial charge in [-0.05, 0) is 31.0 Å². The van der Waals surface area contributed by atoms with E-state index < -0.39 is 22.9 Å². The van der Waals surface area contributed by atoms with Crippen molar-refractivity contribution in [2.45, 2.75) is 49.6 Å². The van der Waals surface area contributed by atoms with E-state index in [2.05, 4.69) is 10.6 Å². The number of thioether (sulfide) groups is 1. The van der Waals surface area contributed by atoms with E-state index >= 15 is 0 Å². The molecule has 0 aliphatic carbocycles. The third-order valence-corrected chi connectivity index (χ3v) is 5.16. The summed E-state index contributed by atoms with van der Waals surface area (Å²) < 4.78 is 38.2. The lowest BCUT2D eigenvalue weighted by Gasteiger charge is -2.25. The number of fused-ring (bicyclic) bond motifs is 1. The van der Waals surface area contributed by atoms with E-state index in [0.717, 1.165) is 23.9 Å². The van der Waals surface area contributed by atoms with Crippen LogP contribution in [0.4, 0.5) is 18.9 Å². The predicted molar refractivity (Wildman–Crippen MR) is 86.8 cm³/mol. The van der Waals surface area contributed by atoms with Gasteiger partial charge in [0.1, 0.15) is 0 Å². The lowest BCUT2D eigenvalue weighted by molar-refractivity contribution is -0.137. The van der Waals surface area contributed by atoms with E-state index in [4.69, 9.17) is 0 Å². The highest BCUT2D eigenvalue weighted by atomic mass is 32.2. The van der Waals surface area contributed by atoms with Gasteiger partial charge in [-0.2, -0.15) is 13.2 Å². The largest absolute Gasteiger partial charge is 0.416 e. The van der Waals surface area contributed by atoms with Gasteiger partial charge >= 0.3 is 6.18 Å². The van der Waals surface area contributed by atoms with Gasteiger partial charge in [-0.15, -0.1) is 11.8 Å². The van der Waals surface area contributed by atoms with Crippen LogP contribution in [0, 0.1) is 5.92 Å². The maximum absolute atomic E-state index is 12.7. The zero-order valence-electron chi connectivity index (χ0n) is 13.5. The van der Waals surface area contributed by atoms with Crippen LogP contribution in [0.2, 0.25) is 0 Å². The number of benzene rings is 1. The Balaban J connectivity index is 2.07. The first-order valence-corrected chi connectivity index (χ1v) is 8.44.